The van der Waals surface area contributed by atoms with E-state index in [-0.39, 0.29) is 0 Å². The van der Waals surface area contributed by atoms with Crippen LogP contribution in [0, 0.1) is 13.8 Å². The van der Waals surface area contributed by atoms with E-state index in [0.29, 0.717) is 12.1 Å². The number of aromatic nitrogens is 2. The van der Waals surface area contributed by atoms with E-state index >= 15 is 0 Å². The Balaban J connectivity index is 1.91. The van der Waals surface area contributed by atoms with Crippen LogP contribution in [0.4, 0.5) is 0 Å². The van der Waals surface area contributed by atoms with Gasteiger partial charge < -0.3 is 5.32 Å². The number of piperidine rings is 1. The maximum absolute atomic E-state index is 4.87. The first-order valence-corrected chi connectivity index (χ1v) is 7.65. The van der Waals surface area contributed by atoms with E-state index in [1.807, 2.05) is 0 Å². The summed E-state index contributed by atoms with van der Waals surface area (Å²) in [5, 5.41) is 8.39. The zero-order chi connectivity index (χ0) is 13.4. The van der Waals surface area contributed by atoms with Crippen molar-refractivity contribution in [2.24, 2.45) is 0 Å². The van der Waals surface area contributed by atoms with Gasteiger partial charge in [-0.3, -0.25) is 9.58 Å². The Kier molecular flexibility index (Phi) is 3.63. The first-order chi connectivity index (χ1) is 9.18. The molecule has 2 aliphatic rings. The summed E-state index contributed by atoms with van der Waals surface area (Å²) in [6.45, 7) is 7.93. The average Bonchev–Trinajstić information content (AvgIpc) is 2.94. The molecule has 1 aromatic heterocycles. The highest BCUT2D eigenvalue weighted by atomic mass is 15.4. The van der Waals surface area contributed by atoms with Crippen LogP contribution in [0.2, 0.25) is 0 Å². The number of nitrogens with one attached hydrogen (secondary N) is 1. The minimum Gasteiger partial charge on any atom is -0.316 e. The van der Waals surface area contributed by atoms with E-state index in [9.17, 15) is 0 Å². The fourth-order valence-electron chi connectivity index (χ4n) is 3.86. The summed E-state index contributed by atoms with van der Waals surface area (Å²) in [4.78, 5) is 2.43. The summed E-state index contributed by atoms with van der Waals surface area (Å²) in [5.41, 5.74) is 4.14. The van der Waals surface area contributed by atoms with Gasteiger partial charge in [0.1, 0.15) is 6.17 Å². The lowest BCUT2D eigenvalue weighted by molar-refractivity contribution is 0.216. The van der Waals surface area contributed by atoms with Gasteiger partial charge >= 0.3 is 0 Å². The van der Waals surface area contributed by atoms with Gasteiger partial charge in [0.25, 0.3) is 0 Å². The van der Waals surface area contributed by atoms with Crippen LogP contribution in [0.1, 0.15) is 54.7 Å². The summed E-state index contributed by atoms with van der Waals surface area (Å²) in [6.07, 6.45) is 5.60. The Morgan fingerprint density at radius 2 is 2.05 bits per heavy atom. The minimum atomic E-state index is 0.476. The van der Waals surface area contributed by atoms with Crippen LogP contribution in [-0.2, 0) is 0 Å². The second-order valence-corrected chi connectivity index (χ2v) is 6.18. The molecule has 1 N–H and O–H groups in total. The lowest BCUT2D eigenvalue weighted by Gasteiger charge is -2.25. The SMILES string of the molecule is Cc1nn(C2CCCN2C)c(C)c1C1CCCNC1. The zero-order valence-electron chi connectivity index (χ0n) is 12.4. The number of likely N-dealkylation sites (tertiary alicyclic amines) is 1. The second-order valence-electron chi connectivity index (χ2n) is 6.18. The molecule has 0 radical (unpaired) electrons. The van der Waals surface area contributed by atoms with Crippen molar-refractivity contribution in [3.63, 3.8) is 0 Å². The maximum Gasteiger partial charge on any atom is 0.104 e. The van der Waals surface area contributed by atoms with Crippen LogP contribution >= 0.6 is 0 Å². The summed E-state index contributed by atoms with van der Waals surface area (Å²) >= 11 is 0. The molecule has 2 fully saturated rings. The average molecular weight is 262 g/mol. The molecule has 3 rings (SSSR count). The van der Waals surface area contributed by atoms with Crippen molar-refractivity contribution in [2.45, 2.75) is 51.6 Å². The van der Waals surface area contributed by atoms with E-state index in [2.05, 4.69) is 35.8 Å². The molecule has 2 saturated heterocycles. The minimum absolute atomic E-state index is 0.476. The van der Waals surface area contributed by atoms with Gasteiger partial charge in [-0.05, 0) is 59.7 Å². The van der Waals surface area contributed by atoms with Gasteiger partial charge in [0.15, 0.2) is 0 Å². The van der Waals surface area contributed by atoms with E-state index in [0.717, 1.165) is 6.54 Å². The Morgan fingerprint density at radius 1 is 1.21 bits per heavy atom. The molecule has 2 aliphatic heterocycles. The molecule has 0 aromatic carbocycles. The van der Waals surface area contributed by atoms with Crippen molar-refractivity contribution >= 4 is 0 Å². The molecule has 2 unspecified atom stereocenters. The maximum atomic E-state index is 4.87. The van der Waals surface area contributed by atoms with Crippen molar-refractivity contribution in [2.75, 3.05) is 26.7 Å². The molecule has 106 valence electrons. The molecule has 0 saturated carbocycles. The predicted molar refractivity (Wildman–Crippen MR) is 77.4 cm³/mol. The van der Waals surface area contributed by atoms with Crippen LogP contribution < -0.4 is 5.32 Å². The van der Waals surface area contributed by atoms with Crippen LogP contribution in [0.3, 0.4) is 0 Å². The molecule has 1 aromatic rings. The van der Waals surface area contributed by atoms with Crippen molar-refractivity contribution in [1.82, 2.24) is 20.0 Å². The number of hydrogen-bond donors (Lipinski definition) is 1. The third-order valence-corrected chi connectivity index (χ3v) is 4.85. The van der Waals surface area contributed by atoms with Crippen molar-refractivity contribution < 1.29 is 0 Å². The highest BCUT2D eigenvalue weighted by Crippen LogP contribution is 2.33. The predicted octanol–water partition coefficient (Wildman–Crippen LogP) is 2.19. The number of aryl methyl sites for hydroxylation is 1. The third kappa shape index (κ3) is 2.32. The van der Waals surface area contributed by atoms with E-state index in [1.165, 1.54) is 55.7 Å². The van der Waals surface area contributed by atoms with Crippen molar-refractivity contribution in [3.05, 3.63) is 17.0 Å². The van der Waals surface area contributed by atoms with Crippen molar-refractivity contribution in [3.8, 4) is 0 Å². The van der Waals surface area contributed by atoms with Crippen LogP contribution in [-0.4, -0.2) is 41.4 Å². The third-order valence-electron chi connectivity index (χ3n) is 4.85. The quantitative estimate of drug-likeness (QED) is 0.887. The van der Waals surface area contributed by atoms with Gasteiger partial charge in [0, 0.05) is 23.7 Å². The standard InChI is InChI=1S/C15H26N4/c1-11-15(13-6-4-8-16-10-13)12(2)19(17-11)14-7-5-9-18(14)3/h13-14,16H,4-10H2,1-3H3. The fourth-order valence-corrected chi connectivity index (χ4v) is 3.86. The highest BCUT2D eigenvalue weighted by Gasteiger charge is 2.29. The molecular weight excluding hydrogens is 236 g/mol. The number of hydrogen-bond acceptors (Lipinski definition) is 3. The largest absolute Gasteiger partial charge is 0.316 e. The smallest absolute Gasteiger partial charge is 0.104 e. The van der Waals surface area contributed by atoms with E-state index < -0.39 is 0 Å². The molecule has 0 amide bonds. The first kappa shape index (κ1) is 13.1. The highest BCUT2D eigenvalue weighted by molar-refractivity contribution is 5.30. The summed E-state index contributed by atoms with van der Waals surface area (Å²) in [7, 11) is 2.22. The monoisotopic (exact) mass is 262 g/mol. The van der Waals surface area contributed by atoms with Crippen LogP contribution in [0.5, 0.6) is 0 Å². The van der Waals surface area contributed by atoms with E-state index in [4.69, 9.17) is 5.10 Å². The molecule has 4 nitrogen and oxygen atoms in total. The summed E-state index contributed by atoms with van der Waals surface area (Å²) < 4.78 is 2.28. The Labute approximate surface area is 116 Å². The molecular formula is C15H26N4. The molecule has 3 heterocycles. The van der Waals surface area contributed by atoms with E-state index in [1.54, 1.807) is 0 Å². The molecule has 0 bridgehead atoms. The Bertz CT molecular complexity index is 445. The van der Waals surface area contributed by atoms with Gasteiger partial charge in [0.2, 0.25) is 0 Å². The van der Waals surface area contributed by atoms with Gasteiger partial charge in [-0.2, -0.15) is 5.10 Å². The van der Waals surface area contributed by atoms with Crippen molar-refractivity contribution in [1.29, 1.82) is 0 Å². The molecule has 0 aliphatic carbocycles. The zero-order valence-corrected chi connectivity index (χ0v) is 12.4. The molecule has 2 atom stereocenters. The summed E-state index contributed by atoms with van der Waals surface area (Å²) in [6, 6.07) is 0. The lowest BCUT2D eigenvalue weighted by Crippen LogP contribution is -2.29. The van der Waals surface area contributed by atoms with Crippen LogP contribution in [0.15, 0.2) is 0 Å². The van der Waals surface area contributed by atoms with Gasteiger partial charge in [-0.25, -0.2) is 0 Å². The number of rotatable bonds is 2. The summed E-state index contributed by atoms with van der Waals surface area (Å²) in [5.74, 6) is 0.661. The van der Waals surface area contributed by atoms with Gasteiger partial charge in [-0.1, -0.05) is 0 Å². The lowest BCUT2D eigenvalue weighted by atomic mass is 9.90. The molecule has 4 heteroatoms. The topological polar surface area (TPSA) is 33.1 Å². The fraction of sp³-hybridized carbons (Fsp3) is 0.800. The van der Waals surface area contributed by atoms with Crippen LogP contribution in [0.25, 0.3) is 0 Å². The first-order valence-electron chi connectivity index (χ1n) is 7.65. The number of nitrogens with zero attached hydrogens (tertiary/aromatic N) is 3. The molecule has 19 heavy (non-hydrogen) atoms. The van der Waals surface area contributed by atoms with Gasteiger partial charge in [-0.15, -0.1) is 0 Å². The molecule has 0 spiro atoms. The van der Waals surface area contributed by atoms with Gasteiger partial charge in [0.05, 0.1) is 5.69 Å². The second kappa shape index (κ2) is 5.25. The Morgan fingerprint density at radius 3 is 2.68 bits per heavy atom. The normalized spacial score (nSPS) is 29.0. The Hall–Kier alpha value is -0.870.